The largest absolute Gasteiger partial charge is 0.490 e. The summed E-state index contributed by atoms with van der Waals surface area (Å²) in [4.78, 5) is 14.5. The predicted octanol–water partition coefficient (Wildman–Crippen LogP) is 5.34. The third kappa shape index (κ3) is 3.47. The molecular weight excluding hydrogens is 370 g/mol. The van der Waals surface area contributed by atoms with Crippen LogP contribution in [0.5, 0.6) is 11.5 Å². The topological polar surface area (TPSA) is 38.8 Å². The molecule has 0 saturated carbocycles. The smallest absolute Gasteiger partial charge is 0.225 e. The van der Waals surface area contributed by atoms with Crippen LogP contribution in [0.1, 0.15) is 26.3 Å². The number of amides is 1. The molecule has 146 valence electrons. The molecule has 0 spiro atoms. The molecule has 0 bridgehead atoms. The van der Waals surface area contributed by atoms with Gasteiger partial charge in [0, 0.05) is 33.7 Å². The number of nitrogens with zero attached hydrogens (tertiary/aromatic N) is 1. The minimum atomic E-state index is -0.0306. The average Bonchev–Trinajstić information content (AvgIpc) is 3.00. The minimum absolute atomic E-state index is 0.0306. The van der Waals surface area contributed by atoms with Crippen LogP contribution in [-0.4, -0.2) is 30.6 Å². The summed E-state index contributed by atoms with van der Waals surface area (Å²) >= 11 is 1.74. The maximum atomic E-state index is 12.6. The van der Waals surface area contributed by atoms with E-state index in [2.05, 4.69) is 41.8 Å². The lowest BCUT2D eigenvalue weighted by molar-refractivity contribution is -0.135. The maximum absolute atomic E-state index is 12.6. The molecule has 2 aromatic carbocycles. The van der Waals surface area contributed by atoms with Crippen molar-refractivity contribution in [1.82, 2.24) is 4.90 Å². The summed E-state index contributed by atoms with van der Waals surface area (Å²) in [6, 6.07) is 12.6. The predicted molar refractivity (Wildman–Crippen MR) is 114 cm³/mol. The number of hydrogen-bond acceptors (Lipinski definition) is 4. The molecule has 4 nitrogen and oxygen atoms in total. The maximum Gasteiger partial charge on any atom is 0.225 e. The molecule has 0 saturated heterocycles. The fourth-order valence-corrected chi connectivity index (χ4v) is 4.63. The summed E-state index contributed by atoms with van der Waals surface area (Å²) in [5, 5.41) is 3.43. The summed E-state index contributed by atoms with van der Waals surface area (Å²) in [5.74, 6) is 1.64. The van der Waals surface area contributed by atoms with Crippen molar-refractivity contribution in [3.05, 3.63) is 47.3 Å². The van der Waals surface area contributed by atoms with Crippen molar-refractivity contribution in [3.8, 4) is 22.6 Å². The van der Waals surface area contributed by atoms with Crippen molar-refractivity contribution >= 4 is 27.3 Å². The van der Waals surface area contributed by atoms with E-state index in [4.69, 9.17) is 9.47 Å². The van der Waals surface area contributed by atoms with Crippen molar-refractivity contribution in [2.45, 2.75) is 27.3 Å². The zero-order valence-electron chi connectivity index (χ0n) is 16.5. The van der Waals surface area contributed by atoms with Gasteiger partial charge in [-0.25, -0.2) is 0 Å². The minimum Gasteiger partial charge on any atom is -0.490 e. The highest BCUT2D eigenvalue weighted by molar-refractivity contribution is 7.17. The molecule has 28 heavy (non-hydrogen) atoms. The fourth-order valence-electron chi connectivity index (χ4n) is 3.66. The summed E-state index contributed by atoms with van der Waals surface area (Å²) in [6.45, 7) is 8.04. The van der Waals surface area contributed by atoms with Gasteiger partial charge in [-0.2, -0.15) is 0 Å². The molecular formula is C23H25NO3S. The monoisotopic (exact) mass is 395 g/mol. The van der Waals surface area contributed by atoms with Crippen molar-refractivity contribution in [1.29, 1.82) is 0 Å². The third-order valence-corrected chi connectivity index (χ3v) is 5.96. The van der Waals surface area contributed by atoms with E-state index >= 15 is 0 Å². The Morgan fingerprint density at radius 1 is 1.29 bits per heavy atom. The van der Waals surface area contributed by atoms with Crippen LogP contribution in [0.3, 0.4) is 0 Å². The Morgan fingerprint density at radius 3 is 2.89 bits per heavy atom. The second-order valence-corrected chi connectivity index (χ2v) is 8.22. The van der Waals surface area contributed by atoms with E-state index in [0.29, 0.717) is 26.3 Å². The van der Waals surface area contributed by atoms with Crippen molar-refractivity contribution in [3.63, 3.8) is 0 Å². The number of thiophene rings is 1. The van der Waals surface area contributed by atoms with Gasteiger partial charge in [0.25, 0.3) is 0 Å². The van der Waals surface area contributed by atoms with Gasteiger partial charge in [0.15, 0.2) is 11.5 Å². The molecule has 1 amide bonds. The van der Waals surface area contributed by atoms with Gasteiger partial charge in [0.1, 0.15) is 6.61 Å². The molecule has 2 heterocycles. The van der Waals surface area contributed by atoms with E-state index in [-0.39, 0.29) is 11.8 Å². The Kier molecular flexibility index (Phi) is 5.27. The average molecular weight is 396 g/mol. The SMILES string of the molecule is CCOc1cc(-c2csc3ccccc23)cc2c1OCCN(C(=O)C(C)C)C2. The fraction of sp³-hybridized carbons (Fsp3) is 0.348. The highest BCUT2D eigenvalue weighted by Crippen LogP contribution is 2.41. The molecule has 1 aliphatic rings. The standard InChI is InChI=1S/C23H25NO3S/c1-4-26-20-12-16(19-14-28-21-8-6-5-7-18(19)21)11-17-13-24(23(25)15(2)3)9-10-27-22(17)20/h5-8,11-12,14-15H,4,9-10,13H2,1-3H3. The summed E-state index contributed by atoms with van der Waals surface area (Å²) in [5.41, 5.74) is 3.29. The first-order chi connectivity index (χ1) is 13.6. The molecule has 0 aliphatic carbocycles. The van der Waals surface area contributed by atoms with E-state index in [0.717, 1.165) is 22.6 Å². The van der Waals surface area contributed by atoms with Crippen LogP contribution in [0.4, 0.5) is 0 Å². The van der Waals surface area contributed by atoms with E-state index in [1.807, 2.05) is 25.7 Å². The highest BCUT2D eigenvalue weighted by Gasteiger charge is 2.25. The van der Waals surface area contributed by atoms with Crippen molar-refractivity contribution in [2.75, 3.05) is 19.8 Å². The van der Waals surface area contributed by atoms with Crippen LogP contribution in [-0.2, 0) is 11.3 Å². The Labute approximate surface area is 169 Å². The summed E-state index contributed by atoms with van der Waals surface area (Å²) in [6.07, 6.45) is 0. The van der Waals surface area contributed by atoms with Crippen LogP contribution in [0.25, 0.3) is 21.2 Å². The van der Waals surface area contributed by atoms with Crippen LogP contribution < -0.4 is 9.47 Å². The molecule has 4 rings (SSSR count). The van der Waals surface area contributed by atoms with Crippen LogP contribution >= 0.6 is 11.3 Å². The molecule has 0 N–H and O–H groups in total. The number of benzene rings is 2. The van der Waals surface area contributed by atoms with Gasteiger partial charge in [0.05, 0.1) is 13.2 Å². The van der Waals surface area contributed by atoms with Gasteiger partial charge in [0.2, 0.25) is 5.91 Å². The number of ether oxygens (including phenoxy) is 2. The summed E-state index contributed by atoms with van der Waals surface area (Å²) < 4.78 is 13.2. The van der Waals surface area contributed by atoms with Gasteiger partial charge in [-0.1, -0.05) is 32.0 Å². The third-order valence-electron chi connectivity index (χ3n) is 5.00. The quantitative estimate of drug-likeness (QED) is 0.598. The lowest BCUT2D eigenvalue weighted by atomic mass is 10.0. The first kappa shape index (κ1) is 18.8. The zero-order chi connectivity index (χ0) is 19.7. The number of carbonyl (C=O) groups excluding carboxylic acids is 1. The second-order valence-electron chi connectivity index (χ2n) is 7.30. The van der Waals surface area contributed by atoms with Gasteiger partial charge in [-0.05, 0) is 36.1 Å². The number of rotatable bonds is 4. The van der Waals surface area contributed by atoms with E-state index in [1.165, 1.54) is 15.6 Å². The molecule has 0 unspecified atom stereocenters. The van der Waals surface area contributed by atoms with Crippen LogP contribution in [0.2, 0.25) is 0 Å². The van der Waals surface area contributed by atoms with Gasteiger partial charge >= 0.3 is 0 Å². The van der Waals surface area contributed by atoms with Gasteiger partial charge < -0.3 is 14.4 Å². The van der Waals surface area contributed by atoms with Crippen molar-refractivity contribution < 1.29 is 14.3 Å². The zero-order valence-corrected chi connectivity index (χ0v) is 17.3. The summed E-state index contributed by atoms with van der Waals surface area (Å²) in [7, 11) is 0. The number of hydrogen-bond donors (Lipinski definition) is 0. The Morgan fingerprint density at radius 2 is 2.11 bits per heavy atom. The Hall–Kier alpha value is -2.53. The molecule has 1 aromatic heterocycles. The van der Waals surface area contributed by atoms with Crippen LogP contribution in [0, 0.1) is 5.92 Å². The Bertz CT molecular complexity index is 1010. The lowest BCUT2D eigenvalue weighted by Crippen LogP contribution is -2.35. The molecule has 0 atom stereocenters. The number of carbonyl (C=O) groups is 1. The van der Waals surface area contributed by atoms with E-state index < -0.39 is 0 Å². The normalized spacial score (nSPS) is 13.9. The highest BCUT2D eigenvalue weighted by atomic mass is 32.1. The van der Waals surface area contributed by atoms with Gasteiger partial charge in [-0.15, -0.1) is 11.3 Å². The first-order valence-electron chi connectivity index (χ1n) is 9.76. The van der Waals surface area contributed by atoms with Crippen LogP contribution in [0.15, 0.2) is 41.8 Å². The molecule has 5 heteroatoms. The molecule has 0 fully saturated rings. The van der Waals surface area contributed by atoms with Crippen molar-refractivity contribution in [2.24, 2.45) is 5.92 Å². The molecule has 1 aliphatic heterocycles. The second kappa shape index (κ2) is 7.84. The first-order valence-corrected chi connectivity index (χ1v) is 10.6. The van der Waals surface area contributed by atoms with E-state index in [9.17, 15) is 4.79 Å². The lowest BCUT2D eigenvalue weighted by Gasteiger charge is -2.22. The Balaban J connectivity index is 1.82. The van der Waals surface area contributed by atoms with Gasteiger partial charge in [-0.3, -0.25) is 4.79 Å². The van der Waals surface area contributed by atoms with E-state index in [1.54, 1.807) is 11.3 Å². The molecule has 0 radical (unpaired) electrons. The number of fused-ring (bicyclic) bond motifs is 2. The molecule has 3 aromatic rings.